The number of nitrogens with one attached hydrogen (secondary N) is 2. The van der Waals surface area contributed by atoms with Crippen molar-refractivity contribution in [1.29, 1.82) is 0 Å². The molecule has 0 bridgehead atoms. The van der Waals surface area contributed by atoms with Crippen LogP contribution < -0.4 is 10.6 Å². The summed E-state index contributed by atoms with van der Waals surface area (Å²) in [5.74, 6) is -2.12. The Morgan fingerprint density at radius 1 is 1.26 bits per heavy atom. The maximum absolute atomic E-state index is 11.4. The molecule has 1 heterocycles. The molecular formula is C11H13N3O5. The fourth-order valence-corrected chi connectivity index (χ4v) is 1.24. The van der Waals surface area contributed by atoms with Crippen molar-refractivity contribution in [3.8, 4) is 0 Å². The lowest BCUT2D eigenvalue weighted by atomic mass is 10.3. The zero-order valence-electron chi connectivity index (χ0n) is 9.92. The molecule has 0 saturated carbocycles. The van der Waals surface area contributed by atoms with Crippen LogP contribution in [0.15, 0.2) is 18.3 Å². The maximum Gasteiger partial charge on any atom is 0.354 e. The third-order valence-corrected chi connectivity index (χ3v) is 2.09. The van der Waals surface area contributed by atoms with Crippen LogP contribution in [0, 0.1) is 0 Å². The van der Waals surface area contributed by atoms with E-state index in [0.717, 1.165) is 0 Å². The summed E-state index contributed by atoms with van der Waals surface area (Å²) in [5.41, 5.74) is 0.117. The van der Waals surface area contributed by atoms with Gasteiger partial charge < -0.3 is 20.8 Å². The van der Waals surface area contributed by atoms with Crippen molar-refractivity contribution in [2.45, 2.75) is 12.8 Å². The van der Waals surface area contributed by atoms with E-state index >= 15 is 0 Å². The van der Waals surface area contributed by atoms with Gasteiger partial charge in [-0.1, -0.05) is 0 Å². The third kappa shape index (κ3) is 5.48. The minimum absolute atomic E-state index is 0.0291. The first-order valence-electron chi connectivity index (χ1n) is 5.45. The summed E-state index contributed by atoms with van der Waals surface area (Å²) in [6, 6.07) is 2.13. The van der Waals surface area contributed by atoms with Crippen LogP contribution in [-0.4, -0.2) is 39.7 Å². The van der Waals surface area contributed by atoms with Crippen molar-refractivity contribution in [2.24, 2.45) is 0 Å². The number of aromatic nitrogens is 1. The molecule has 2 amide bonds. The molecule has 0 aromatic carbocycles. The van der Waals surface area contributed by atoms with Crippen LogP contribution in [0.4, 0.5) is 10.5 Å². The summed E-state index contributed by atoms with van der Waals surface area (Å²) in [7, 11) is 0. The van der Waals surface area contributed by atoms with Gasteiger partial charge in [0, 0.05) is 24.8 Å². The Morgan fingerprint density at radius 3 is 2.63 bits per heavy atom. The fraction of sp³-hybridized carbons (Fsp3) is 0.273. The Bertz CT molecular complexity index is 489. The number of urea groups is 1. The maximum atomic E-state index is 11.4. The Labute approximate surface area is 108 Å². The summed E-state index contributed by atoms with van der Waals surface area (Å²) in [6.45, 7) is 0.217. The van der Waals surface area contributed by atoms with Gasteiger partial charge in [0.1, 0.15) is 5.69 Å². The van der Waals surface area contributed by atoms with E-state index in [-0.39, 0.29) is 18.7 Å². The number of aliphatic carboxylic acids is 1. The highest BCUT2D eigenvalue weighted by Gasteiger charge is 2.07. The molecule has 0 unspecified atom stereocenters. The van der Waals surface area contributed by atoms with E-state index in [1.165, 1.54) is 18.3 Å². The first-order valence-corrected chi connectivity index (χ1v) is 5.45. The van der Waals surface area contributed by atoms with Gasteiger partial charge in [0.05, 0.1) is 0 Å². The lowest BCUT2D eigenvalue weighted by molar-refractivity contribution is -0.137. The number of carboxylic acid groups (broad SMARTS) is 2. The molecule has 1 rings (SSSR count). The first-order chi connectivity index (χ1) is 8.99. The van der Waals surface area contributed by atoms with Crippen LogP contribution in [0.2, 0.25) is 0 Å². The molecule has 102 valence electrons. The molecule has 0 radical (unpaired) electrons. The fourth-order valence-electron chi connectivity index (χ4n) is 1.24. The van der Waals surface area contributed by atoms with Gasteiger partial charge in [-0.2, -0.15) is 0 Å². The van der Waals surface area contributed by atoms with Crippen LogP contribution >= 0.6 is 0 Å². The molecule has 8 nitrogen and oxygen atoms in total. The largest absolute Gasteiger partial charge is 0.481 e. The summed E-state index contributed by atoms with van der Waals surface area (Å²) in [6.07, 6.45) is 1.56. The minimum Gasteiger partial charge on any atom is -0.481 e. The quantitative estimate of drug-likeness (QED) is 0.563. The smallest absolute Gasteiger partial charge is 0.354 e. The van der Waals surface area contributed by atoms with Gasteiger partial charge >= 0.3 is 18.0 Å². The van der Waals surface area contributed by atoms with Crippen LogP contribution in [0.3, 0.4) is 0 Å². The summed E-state index contributed by atoms with van der Waals surface area (Å²) < 4.78 is 0. The van der Waals surface area contributed by atoms with Gasteiger partial charge in [-0.05, 0) is 18.6 Å². The number of anilines is 1. The van der Waals surface area contributed by atoms with E-state index in [1.54, 1.807) is 0 Å². The minimum atomic E-state index is -1.19. The molecular weight excluding hydrogens is 254 g/mol. The lowest BCUT2D eigenvalue weighted by Gasteiger charge is -2.07. The average Bonchev–Trinajstić information content (AvgIpc) is 2.34. The molecule has 4 N–H and O–H groups in total. The van der Waals surface area contributed by atoms with E-state index < -0.39 is 18.0 Å². The van der Waals surface area contributed by atoms with Gasteiger partial charge in [-0.25, -0.2) is 14.6 Å². The van der Waals surface area contributed by atoms with Crippen LogP contribution in [0.25, 0.3) is 0 Å². The topological polar surface area (TPSA) is 129 Å². The van der Waals surface area contributed by atoms with Crippen molar-refractivity contribution in [3.05, 3.63) is 24.0 Å². The van der Waals surface area contributed by atoms with Crippen LogP contribution in [0.5, 0.6) is 0 Å². The predicted molar refractivity (Wildman–Crippen MR) is 65.1 cm³/mol. The number of amides is 2. The normalized spacial score (nSPS) is 9.68. The molecule has 0 aliphatic heterocycles. The van der Waals surface area contributed by atoms with Crippen molar-refractivity contribution >= 4 is 23.7 Å². The number of hydrogen-bond acceptors (Lipinski definition) is 4. The Morgan fingerprint density at radius 2 is 2.00 bits per heavy atom. The molecule has 1 aromatic rings. The van der Waals surface area contributed by atoms with Gasteiger partial charge in [0.2, 0.25) is 0 Å². The number of pyridine rings is 1. The van der Waals surface area contributed by atoms with Crippen molar-refractivity contribution in [2.75, 3.05) is 11.9 Å². The van der Waals surface area contributed by atoms with Gasteiger partial charge in [0.15, 0.2) is 0 Å². The van der Waals surface area contributed by atoms with Gasteiger partial charge in [-0.15, -0.1) is 0 Å². The number of nitrogens with zero attached hydrogens (tertiary/aromatic N) is 1. The second-order valence-corrected chi connectivity index (χ2v) is 3.61. The molecule has 0 aliphatic carbocycles. The standard InChI is InChI=1S/C11H13N3O5/c15-9(16)2-1-4-13-11(19)14-7-3-5-12-8(6-7)10(17)18/h3,5-6H,1-2,4H2,(H,15,16)(H,17,18)(H2,12,13,14,19). The summed E-state index contributed by atoms with van der Waals surface area (Å²) >= 11 is 0. The number of carbonyl (C=O) groups is 3. The van der Waals surface area contributed by atoms with Crippen LogP contribution in [-0.2, 0) is 4.79 Å². The number of carbonyl (C=O) groups excluding carboxylic acids is 1. The Kier molecular flexibility index (Phi) is 5.27. The van der Waals surface area contributed by atoms with Crippen molar-refractivity contribution < 1.29 is 24.6 Å². The van der Waals surface area contributed by atoms with E-state index in [4.69, 9.17) is 10.2 Å². The van der Waals surface area contributed by atoms with E-state index in [1.807, 2.05) is 0 Å². The monoisotopic (exact) mass is 267 g/mol. The molecule has 19 heavy (non-hydrogen) atoms. The van der Waals surface area contributed by atoms with E-state index in [9.17, 15) is 14.4 Å². The summed E-state index contributed by atoms with van der Waals surface area (Å²) in [5, 5.41) is 22.0. The van der Waals surface area contributed by atoms with Crippen LogP contribution in [0.1, 0.15) is 23.3 Å². The first kappa shape index (κ1) is 14.4. The highest BCUT2D eigenvalue weighted by molar-refractivity contribution is 5.91. The summed E-state index contributed by atoms with van der Waals surface area (Å²) in [4.78, 5) is 35.9. The van der Waals surface area contributed by atoms with Crippen molar-refractivity contribution in [1.82, 2.24) is 10.3 Å². The molecule has 0 fully saturated rings. The molecule has 8 heteroatoms. The molecule has 0 aliphatic rings. The number of carboxylic acids is 2. The predicted octanol–water partition coefficient (Wildman–Crippen LogP) is 0.766. The lowest BCUT2D eigenvalue weighted by Crippen LogP contribution is -2.29. The molecule has 0 atom stereocenters. The van der Waals surface area contributed by atoms with E-state index in [0.29, 0.717) is 12.1 Å². The number of hydrogen-bond donors (Lipinski definition) is 4. The number of aromatic carboxylic acids is 1. The third-order valence-electron chi connectivity index (χ3n) is 2.09. The second-order valence-electron chi connectivity index (χ2n) is 3.61. The van der Waals surface area contributed by atoms with E-state index in [2.05, 4.69) is 15.6 Å². The van der Waals surface area contributed by atoms with Gasteiger partial charge in [-0.3, -0.25) is 4.79 Å². The zero-order chi connectivity index (χ0) is 14.3. The highest BCUT2D eigenvalue weighted by Crippen LogP contribution is 2.07. The van der Waals surface area contributed by atoms with Crippen molar-refractivity contribution in [3.63, 3.8) is 0 Å². The molecule has 1 aromatic heterocycles. The average molecular weight is 267 g/mol. The Hall–Kier alpha value is -2.64. The van der Waals surface area contributed by atoms with Gasteiger partial charge in [0.25, 0.3) is 0 Å². The molecule has 0 saturated heterocycles. The highest BCUT2D eigenvalue weighted by atomic mass is 16.4. The molecule has 0 spiro atoms. The SMILES string of the molecule is O=C(O)CCCNC(=O)Nc1ccnc(C(=O)O)c1. The number of rotatable bonds is 6. The second kappa shape index (κ2) is 6.94. The Balaban J connectivity index is 2.42. The zero-order valence-corrected chi connectivity index (χ0v) is 9.92.